The van der Waals surface area contributed by atoms with Crippen LogP contribution in [0.3, 0.4) is 0 Å². The predicted molar refractivity (Wildman–Crippen MR) is 89.2 cm³/mol. The van der Waals surface area contributed by atoms with Crippen LogP contribution in [-0.2, 0) is 0 Å². The first-order valence-corrected chi connectivity index (χ1v) is 9.60. The molecule has 2 heterocycles. The van der Waals surface area contributed by atoms with E-state index in [1.54, 1.807) is 0 Å². The predicted octanol–water partition coefficient (Wildman–Crippen LogP) is 5.92. The maximum absolute atomic E-state index is 2.93. The average Bonchev–Trinajstić information content (AvgIpc) is 2.76. The van der Waals surface area contributed by atoms with Crippen molar-refractivity contribution in [3.8, 4) is 0 Å². The van der Waals surface area contributed by atoms with Crippen molar-refractivity contribution in [3.63, 3.8) is 0 Å². The van der Waals surface area contributed by atoms with E-state index in [2.05, 4.69) is 18.7 Å². The van der Waals surface area contributed by atoms with Crippen LogP contribution in [0.5, 0.6) is 0 Å². The molecule has 0 bridgehead atoms. The largest absolute Gasteiger partial charge is 0.295 e. The minimum Gasteiger partial charge on any atom is -0.295 e. The molecule has 0 aliphatic carbocycles. The minimum atomic E-state index is 0.861. The van der Waals surface area contributed by atoms with Gasteiger partial charge in [-0.3, -0.25) is 4.90 Å². The molecule has 2 aliphatic heterocycles. The summed E-state index contributed by atoms with van der Waals surface area (Å²) >= 11 is 0. The summed E-state index contributed by atoms with van der Waals surface area (Å²) in [6.45, 7) is 4.79. The van der Waals surface area contributed by atoms with Crippen LogP contribution < -0.4 is 0 Å². The molecule has 2 aliphatic rings. The molecular weight excluding hydrogens is 242 g/mol. The van der Waals surface area contributed by atoms with E-state index < -0.39 is 0 Å². The van der Waals surface area contributed by atoms with E-state index in [-0.39, 0.29) is 0 Å². The standard InChI is InChI=1S/C19H37N/c1-3-4-5-6-7-8-9-13-18-15-16-19-14-11-10-12-17(2)20(18)19/h17-19H,3-16H2,1-2H3/t17?,18-,19-/m1/s1. The van der Waals surface area contributed by atoms with Crippen molar-refractivity contribution in [2.75, 3.05) is 0 Å². The summed E-state index contributed by atoms with van der Waals surface area (Å²) in [5.74, 6) is 0. The highest BCUT2D eigenvalue weighted by Gasteiger charge is 2.36. The Morgan fingerprint density at radius 3 is 2.30 bits per heavy atom. The molecule has 0 aromatic rings. The molecule has 0 aromatic carbocycles. The van der Waals surface area contributed by atoms with Gasteiger partial charge in [0.15, 0.2) is 0 Å². The quantitative estimate of drug-likeness (QED) is 0.498. The molecule has 118 valence electrons. The topological polar surface area (TPSA) is 3.24 Å². The van der Waals surface area contributed by atoms with Crippen LogP contribution in [0.2, 0.25) is 0 Å². The van der Waals surface area contributed by atoms with Crippen molar-refractivity contribution in [3.05, 3.63) is 0 Å². The molecular formula is C19H37N. The number of hydrogen-bond acceptors (Lipinski definition) is 1. The van der Waals surface area contributed by atoms with E-state index >= 15 is 0 Å². The maximum atomic E-state index is 2.93. The highest BCUT2D eigenvalue weighted by Crippen LogP contribution is 2.36. The highest BCUT2D eigenvalue weighted by atomic mass is 15.2. The summed E-state index contributed by atoms with van der Waals surface area (Å²) in [7, 11) is 0. The monoisotopic (exact) mass is 279 g/mol. The first-order valence-electron chi connectivity index (χ1n) is 9.60. The van der Waals surface area contributed by atoms with E-state index in [1.807, 2.05) is 0 Å². The van der Waals surface area contributed by atoms with Crippen LogP contribution >= 0.6 is 0 Å². The van der Waals surface area contributed by atoms with E-state index in [0.717, 1.165) is 18.1 Å². The lowest BCUT2D eigenvalue weighted by Gasteiger charge is -2.34. The van der Waals surface area contributed by atoms with E-state index in [1.165, 1.54) is 89.9 Å². The summed E-state index contributed by atoms with van der Waals surface area (Å²) in [6, 6.07) is 2.74. The van der Waals surface area contributed by atoms with Crippen LogP contribution in [0, 0.1) is 0 Å². The molecule has 2 fully saturated rings. The third-order valence-electron chi connectivity index (χ3n) is 5.74. The average molecular weight is 280 g/mol. The Morgan fingerprint density at radius 2 is 1.50 bits per heavy atom. The van der Waals surface area contributed by atoms with Gasteiger partial charge in [0.05, 0.1) is 0 Å². The first-order chi connectivity index (χ1) is 9.83. The summed E-state index contributed by atoms with van der Waals surface area (Å²) < 4.78 is 0. The lowest BCUT2D eigenvalue weighted by molar-refractivity contribution is 0.132. The first kappa shape index (κ1) is 16.3. The van der Waals surface area contributed by atoms with Crippen molar-refractivity contribution in [1.29, 1.82) is 0 Å². The van der Waals surface area contributed by atoms with Gasteiger partial charge < -0.3 is 0 Å². The number of unbranched alkanes of at least 4 members (excludes halogenated alkanes) is 6. The summed E-state index contributed by atoms with van der Waals surface area (Å²) in [6.07, 6.45) is 20.5. The molecule has 3 atom stereocenters. The van der Waals surface area contributed by atoms with E-state index in [9.17, 15) is 0 Å². The second kappa shape index (κ2) is 9.07. The fourth-order valence-corrected chi connectivity index (χ4v) is 4.59. The van der Waals surface area contributed by atoms with Gasteiger partial charge in [0, 0.05) is 18.1 Å². The molecule has 0 amide bonds. The summed E-state index contributed by atoms with van der Waals surface area (Å²) in [5.41, 5.74) is 0. The van der Waals surface area contributed by atoms with Gasteiger partial charge in [-0.15, -0.1) is 0 Å². The van der Waals surface area contributed by atoms with Crippen molar-refractivity contribution in [2.24, 2.45) is 0 Å². The Balaban J connectivity index is 1.63. The summed E-state index contributed by atoms with van der Waals surface area (Å²) in [5, 5.41) is 0. The maximum Gasteiger partial charge on any atom is 0.0102 e. The molecule has 0 radical (unpaired) electrons. The van der Waals surface area contributed by atoms with Crippen LogP contribution in [0.15, 0.2) is 0 Å². The van der Waals surface area contributed by atoms with Gasteiger partial charge in [-0.05, 0) is 39.0 Å². The van der Waals surface area contributed by atoms with Gasteiger partial charge in [-0.25, -0.2) is 0 Å². The lowest BCUT2D eigenvalue weighted by Crippen LogP contribution is -2.41. The van der Waals surface area contributed by atoms with Crippen molar-refractivity contribution < 1.29 is 0 Å². The van der Waals surface area contributed by atoms with E-state index in [4.69, 9.17) is 0 Å². The van der Waals surface area contributed by atoms with Crippen LogP contribution in [-0.4, -0.2) is 23.0 Å². The highest BCUT2D eigenvalue weighted by molar-refractivity contribution is 4.92. The van der Waals surface area contributed by atoms with Crippen molar-refractivity contribution in [2.45, 2.75) is 122 Å². The smallest absolute Gasteiger partial charge is 0.0102 e. The molecule has 2 rings (SSSR count). The fraction of sp³-hybridized carbons (Fsp3) is 1.00. The van der Waals surface area contributed by atoms with Gasteiger partial charge in [0.2, 0.25) is 0 Å². The molecule has 1 unspecified atom stereocenters. The third kappa shape index (κ3) is 4.76. The number of rotatable bonds is 8. The van der Waals surface area contributed by atoms with Crippen LogP contribution in [0.4, 0.5) is 0 Å². The number of hydrogen-bond donors (Lipinski definition) is 0. The molecule has 1 nitrogen and oxygen atoms in total. The lowest BCUT2D eigenvalue weighted by atomic mass is 10.0. The Bertz CT molecular complexity index is 250. The Morgan fingerprint density at radius 1 is 0.800 bits per heavy atom. The molecule has 0 spiro atoms. The fourth-order valence-electron chi connectivity index (χ4n) is 4.59. The number of fused-ring (bicyclic) bond motifs is 1. The van der Waals surface area contributed by atoms with Crippen molar-refractivity contribution >= 4 is 0 Å². The SMILES string of the molecule is CCCCCCCCC[C@@H]1CC[C@H]2CCCCC(C)N12. The molecule has 0 aromatic heterocycles. The zero-order valence-corrected chi connectivity index (χ0v) is 14.1. The molecule has 0 saturated carbocycles. The van der Waals surface area contributed by atoms with Gasteiger partial charge in [0.25, 0.3) is 0 Å². The molecule has 20 heavy (non-hydrogen) atoms. The van der Waals surface area contributed by atoms with Gasteiger partial charge in [-0.1, -0.05) is 64.7 Å². The van der Waals surface area contributed by atoms with Gasteiger partial charge in [-0.2, -0.15) is 0 Å². The second-order valence-corrected chi connectivity index (χ2v) is 7.38. The normalized spacial score (nSPS) is 31.2. The zero-order valence-electron chi connectivity index (χ0n) is 14.1. The van der Waals surface area contributed by atoms with Gasteiger partial charge in [0.1, 0.15) is 0 Å². The van der Waals surface area contributed by atoms with Crippen LogP contribution in [0.1, 0.15) is 104 Å². The zero-order chi connectivity index (χ0) is 14.2. The summed E-state index contributed by atoms with van der Waals surface area (Å²) in [4.78, 5) is 2.93. The van der Waals surface area contributed by atoms with Gasteiger partial charge >= 0.3 is 0 Å². The Hall–Kier alpha value is -0.0400. The Labute approximate surface area is 127 Å². The number of nitrogens with zero attached hydrogens (tertiary/aromatic N) is 1. The van der Waals surface area contributed by atoms with Crippen LogP contribution in [0.25, 0.3) is 0 Å². The second-order valence-electron chi connectivity index (χ2n) is 7.38. The Kier molecular flexibility index (Phi) is 7.41. The molecule has 2 saturated heterocycles. The third-order valence-corrected chi connectivity index (χ3v) is 5.74. The van der Waals surface area contributed by atoms with Crippen molar-refractivity contribution in [1.82, 2.24) is 4.90 Å². The van der Waals surface area contributed by atoms with E-state index in [0.29, 0.717) is 0 Å². The molecule has 1 heteroatoms. The minimum absolute atomic E-state index is 0.861. The molecule has 0 N–H and O–H groups in total.